The smallest absolute Gasteiger partial charge is 0.232 e. The molecule has 0 aromatic carbocycles. The number of carbonyl (C=O) groups excluding carboxylic acids is 1. The van der Waals surface area contributed by atoms with Crippen molar-refractivity contribution in [3.05, 3.63) is 11.7 Å². The van der Waals surface area contributed by atoms with E-state index in [0.717, 1.165) is 43.7 Å². The maximum Gasteiger partial charge on any atom is 0.232 e. The van der Waals surface area contributed by atoms with Gasteiger partial charge in [0.05, 0.1) is 0 Å². The third-order valence-electron chi connectivity index (χ3n) is 5.16. The highest BCUT2D eigenvalue weighted by Gasteiger charge is 2.47. The van der Waals surface area contributed by atoms with E-state index in [-0.39, 0.29) is 16.7 Å². The van der Waals surface area contributed by atoms with Gasteiger partial charge in [-0.3, -0.25) is 0 Å². The molecule has 1 aromatic heterocycles. The van der Waals surface area contributed by atoms with Crippen molar-refractivity contribution in [3.63, 3.8) is 0 Å². The van der Waals surface area contributed by atoms with Gasteiger partial charge in [-0.15, -0.1) is 0 Å². The van der Waals surface area contributed by atoms with Crippen molar-refractivity contribution in [3.8, 4) is 0 Å². The fourth-order valence-electron chi connectivity index (χ4n) is 3.92. The topological polar surface area (TPSA) is 56.0 Å². The van der Waals surface area contributed by atoms with Gasteiger partial charge in [0, 0.05) is 16.7 Å². The van der Waals surface area contributed by atoms with Crippen molar-refractivity contribution in [1.82, 2.24) is 10.1 Å². The molecular formula is C16H24N2O2. The maximum absolute atomic E-state index is 11.2. The molecule has 3 atom stereocenters. The molecule has 0 spiro atoms. The van der Waals surface area contributed by atoms with E-state index in [1.807, 2.05) is 0 Å². The van der Waals surface area contributed by atoms with Gasteiger partial charge in [-0.2, -0.15) is 4.98 Å². The maximum atomic E-state index is 11.2. The predicted octanol–water partition coefficient (Wildman–Crippen LogP) is 3.40. The van der Waals surface area contributed by atoms with Gasteiger partial charge in [0.1, 0.15) is 6.29 Å². The molecule has 4 heteroatoms. The first kappa shape index (κ1) is 13.8. The average Bonchev–Trinajstić information content (AvgIpc) is 2.89. The second kappa shape index (κ2) is 4.68. The number of hydrogen-bond acceptors (Lipinski definition) is 4. The zero-order valence-electron chi connectivity index (χ0n) is 12.7. The van der Waals surface area contributed by atoms with Crippen molar-refractivity contribution < 1.29 is 9.32 Å². The van der Waals surface area contributed by atoms with Crippen LogP contribution in [-0.2, 0) is 15.6 Å². The predicted molar refractivity (Wildman–Crippen MR) is 75.4 cm³/mol. The highest BCUT2D eigenvalue weighted by atomic mass is 16.5. The van der Waals surface area contributed by atoms with Gasteiger partial charge in [-0.05, 0) is 38.0 Å². The minimum absolute atomic E-state index is 0.0649. The number of aldehydes is 1. The van der Waals surface area contributed by atoms with Gasteiger partial charge in [-0.25, -0.2) is 0 Å². The van der Waals surface area contributed by atoms with Crippen LogP contribution in [0.1, 0.15) is 71.0 Å². The molecule has 2 saturated carbocycles. The Balaban J connectivity index is 1.89. The third kappa shape index (κ3) is 2.19. The lowest BCUT2D eigenvalue weighted by Crippen LogP contribution is -2.42. The second-order valence-electron chi connectivity index (χ2n) is 7.65. The highest BCUT2D eigenvalue weighted by Crippen LogP contribution is 2.51. The van der Waals surface area contributed by atoms with Crippen molar-refractivity contribution >= 4 is 6.29 Å². The summed E-state index contributed by atoms with van der Waals surface area (Å²) in [5.41, 5.74) is -0.0363. The highest BCUT2D eigenvalue weighted by molar-refractivity contribution is 5.54. The summed E-state index contributed by atoms with van der Waals surface area (Å²) in [6.45, 7) is 6.28. The number of rotatable bonds is 2. The number of fused-ring (bicyclic) bond motifs is 2. The van der Waals surface area contributed by atoms with Crippen LogP contribution in [0.2, 0.25) is 0 Å². The van der Waals surface area contributed by atoms with E-state index in [1.165, 1.54) is 12.8 Å². The molecule has 2 fully saturated rings. The van der Waals surface area contributed by atoms with Crippen molar-refractivity contribution in [2.24, 2.45) is 11.8 Å². The number of hydrogen-bond donors (Lipinski definition) is 0. The lowest BCUT2D eigenvalue weighted by molar-refractivity contribution is -0.115. The van der Waals surface area contributed by atoms with E-state index in [1.54, 1.807) is 0 Å². The molecular weight excluding hydrogens is 252 g/mol. The molecule has 20 heavy (non-hydrogen) atoms. The summed E-state index contributed by atoms with van der Waals surface area (Å²) in [5.74, 6) is 2.38. The van der Waals surface area contributed by atoms with Gasteiger partial charge < -0.3 is 9.32 Å². The van der Waals surface area contributed by atoms with Crippen LogP contribution in [0.15, 0.2) is 4.52 Å². The monoisotopic (exact) mass is 276 g/mol. The number of aromatic nitrogens is 2. The van der Waals surface area contributed by atoms with Crippen LogP contribution in [0.4, 0.5) is 0 Å². The Kier molecular flexibility index (Phi) is 3.22. The minimum Gasteiger partial charge on any atom is -0.339 e. The first-order valence-corrected chi connectivity index (χ1v) is 7.75. The van der Waals surface area contributed by atoms with E-state index in [9.17, 15) is 4.79 Å². The van der Waals surface area contributed by atoms with Gasteiger partial charge in [0.2, 0.25) is 5.89 Å². The fourth-order valence-corrected chi connectivity index (χ4v) is 3.92. The molecule has 1 aromatic rings. The lowest BCUT2D eigenvalue weighted by Gasteiger charge is -2.45. The number of nitrogens with zero attached hydrogens (tertiary/aromatic N) is 2. The molecule has 2 bridgehead atoms. The van der Waals surface area contributed by atoms with E-state index in [0.29, 0.717) is 5.92 Å². The van der Waals surface area contributed by atoms with Gasteiger partial charge in [0.25, 0.3) is 0 Å². The van der Waals surface area contributed by atoms with Gasteiger partial charge in [-0.1, -0.05) is 32.3 Å². The van der Waals surface area contributed by atoms with Crippen LogP contribution in [0.5, 0.6) is 0 Å². The lowest BCUT2D eigenvalue weighted by atomic mass is 9.58. The van der Waals surface area contributed by atoms with Crippen LogP contribution in [0, 0.1) is 11.8 Å². The summed E-state index contributed by atoms with van der Waals surface area (Å²) >= 11 is 0. The SMILES string of the molecule is CC(C)(C)c1nc(C23CCCC(C2)C(C=O)CC3)no1. The van der Waals surface area contributed by atoms with Crippen molar-refractivity contribution in [2.75, 3.05) is 0 Å². The third-order valence-corrected chi connectivity index (χ3v) is 5.16. The Morgan fingerprint density at radius 1 is 1.30 bits per heavy atom. The quantitative estimate of drug-likeness (QED) is 0.777. The standard InChI is InChI=1S/C16H24N2O2/c1-15(2,3)14-17-13(18-20-14)16-7-4-5-11(9-16)12(10-19)6-8-16/h10-12H,4-9H2,1-3H3. The Morgan fingerprint density at radius 2 is 2.10 bits per heavy atom. The Labute approximate surface area is 120 Å². The first-order chi connectivity index (χ1) is 9.44. The summed E-state index contributed by atoms with van der Waals surface area (Å²) in [5, 5.41) is 4.29. The molecule has 110 valence electrons. The summed E-state index contributed by atoms with van der Waals surface area (Å²) in [6, 6.07) is 0. The molecule has 3 rings (SSSR count). The van der Waals surface area contributed by atoms with Crippen LogP contribution in [-0.4, -0.2) is 16.4 Å². The minimum atomic E-state index is -0.101. The Bertz CT molecular complexity index is 503. The molecule has 1 heterocycles. The molecule has 0 aliphatic heterocycles. The zero-order chi connectivity index (χ0) is 14.4. The van der Waals surface area contributed by atoms with Crippen LogP contribution in [0.25, 0.3) is 0 Å². The van der Waals surface area contributed by atoms with E-state index in [4.69, 9.17) is 9.51 Å². The van der Waals surface area contributed by atoms with Gasteiger partial charge in [0.15, 0.2) is 5.82 Å². The summed E-state index contributed by atoms with van der Waals surface area (Å²) < 4.78 is 5.49. The molecule has 0 saturated heterocycles. The summed E-state index contributed by atoms with van der Waals surface area (Å²) in [6.07, 6.45) is 7.71. The largest absolute Gasteiger partial charge is 0.339 e. The zero-order valence-corrected chi connectivity index (χ0v) is 12.7. The van der Waals surface area contributed by atoms with E-state index in [2.05, 4.69) is 25.9 Å². The van der Waals surface area contributed by atoms with E-state index < -0.39 is 0 Å². The number of carbonyl (C=O) groups is 1. The molecule has 2 aliphatic rings. The molecule has 2 aliphatic carbocycles. The Hall–Kier alpha value is -1.19. The van der Waals surface area contributed by atoms with Crippen LogP contribution in [0.3, 0.4) is 0 Å². The molecule has 0 amide bonds. The molecule has 3 unspecified atom stereocenters. The molecule has 0 radical (unpaired) electrons. The van der Waals surface area contributed by atoms with Crippen molar-refractivity contribution in [1.29, 1.82) is 0 Å². The van der Waals surface area contributed by atoms with Crippen LogP contribution < -0.4 is 0 Å². The normalized spacial score (nSPS) is 34.0. The molecule has 0 N–H and O–H groups in total. The Morgan fingerprint density at radius 3 is 2.75 bits per heavy atom. The van der Waals surface area contributed by atoms with Crippen molar-refractivity contribution in [2.45, 2.75) is 70.1 Å². The fraction of sp³-hybridized carbons (Fsp3) is 0.812. The summed E-state index contributed by atoms with van der Waals surface area (Å²) in [4.78, 5) is 15.9. The van der Waals surface area contributed by atoms with E-state index >= 15 is 0 Å². The van der Waals surface area contributed by atoms with Crippen LogP contribution >= 0.6 is 0 Å². The first-order valence-electron chi connectivity index (χ1n) is 7.75. The van der Waals surface area contributed by atoms with Gasteiger partial charge >= 0.3 is 0 Å². The second-order valence-corrected chi connectivity index (χ2v) is 7.65. The molecule has 4 nitrogen and oxygen atoms in total. The summed E-state index contributed by atoms with van der Waals surface area (Å²) in [7, 11) is 0. The average molecular weight is 276 g/mol.